The molecule has 0 bridgehead atoms. The highest BCUT2D eigenvalue weighted by Crippen LogP contribution is 2.33. The van der Waals surface area contributed by atoms with Crippen molar-refractivity contribution in [3.05, 3.63) is 63.9 Å². The number of nitrogens with one attached hydrogen (secondary N) is 1. The van der Waals surface area contributed by atoms with Crippen molar-refractivity contribution in [3.63, 3.8) is 0 Å². The van der Waals surface area contributed by atoms with Crippen molar-refractivity contribution >= 4 is 11.6 Å². The van der Waals surface area contributed by atoms with E-state index in [4.69, 9.17) is 16.3 Å². The second-order valence-electron chi connectivity index (χ2n) is 5.74. The molecule has 1 aromatic heterocycles. The topological polar surface area (TPSA) is 34.1 Å². The average molecular weight is 357 g/mol. The molecule has 2 atom stereocenters. The van der Waals surface area contributed by atoms with Gasteiger partial charge in [-0.05, 0) is 35.7 Å². The van der Waals surface area contributed by atoms with E-state index in [0.717, 1.165) is 17.2 Å². The largest absolute Gasteiger partial charge is 0.433 e. The first-order valence-electron chi connectivity index (χ1n) is 7.50. The van der Waals surface area contributed by atoms with E-state index in [1.165, 1.54) is 12.3 Å². The van der Waals surface area contributed by atoms with Crippen molar-refractivity contribution in [2.24, 2.45) is 0 Å². The molecule has 1 aromatic carbocycles. The van der Waals surface area contributed by atoms with Crippen molar-refractivity contribution in [2.75, 3.05) is 6.61 Å². The van der Waals surface area contributed by atoms with Crippen LogP contribution < -0.4 is 5.32 Å². The van der Waals surface area contributed by atoms with Crippen molar-refractivity contribution < 1.29 is 17.9 Å². The minimum absolute atomic E-state index is 0.125. The van der Waals surface area contributed by atoms with E-state index in [1.54, 1.807) is 0 Å². The second kappa shape index (κ2) is 6.70. The Kier molecular flexibility index (Phi) is 4.80. The highest BCUT2D eigenvalue weighted by atomic mass is 35.5. The summed E-state index contributed by atoms with van der Waals surface area (Å²) in [5.74, 6) is 0. The van der Waals surface area contributed by atoms with Gasteiger partial charge in [0.15, 0.2) is 0 Å². The lowest BCUT2D eigenvalue weighted by Crippen LogP contribution is -2.32. The molecule has 1 unspecified atom stereocenters. The van der Waals surface area contributed by atoms with Crippen LogP contribution in [0.4, 0.5) is 13.2 Å². The predicted molar refractivity (Wildman–Crippen MR) is 84.6 cm³/mol. The van der Waals surface area contributed by atoms with Gasteiger partial charge in [-0.1, -0.05) is 29.8 Å². The molecule has 2 aromatic rings. The van der Waals surface area contributed by atoms with Crippen LogP contribution in [-0.2, 0) is 17.5 Å². The number of fused-ring (bicyclic) bond motifs is 1. The maximum absolute atomic E-state index is 12.6. The number of pyridine rings is 1. The number of nitrogens with zero attached hydrogens (tertiary/aromatic N) is 1. The van der Waals surface area contributed by atoms with Gasteiger partial charge in [-0.15, -0.1) is 0 Å². The van der Waals surface area contributed by atoms with Crippen LogP contribution in [0, 0.1) is 0 Å². The molecule has 0 fully saturated rings. The lowest BCUT2D eigenvalue weighted by atomic mass is 9.97. The minimum Gasteiger partial charge on any atom is -0.375 e. The Morgan fingerprint density at radius 1 is 1.29 bits per heavy atom. The molecule has 0 radical (unpaired) electrons. The van der Waals surface area contributed by atoms with Crippen molar-refractivity contribution in [1.29, 1.82) is 0 Å². The molecule has 0 amide bonds. The number of ether oxygens (including phenoxy) is 1. The zero-order valence-electron chi connectivity index (χ0n) is 12.9. The SMILES string of the molecule is C[C@@H](NC1COCc2cccc(Cl)c21)c1ccc(C(F)(F)F)nc1. The number of hydrogen-bond acceptors (Lipinski definition) is 3. The normalized spacial score (nSPS) is 19.0. The minimum atomic E-state index is -4.43. The molecule has 7 heteroatoms. The van der Waals surface area contributed by atoms with Gasteiger partial charge in [0.05, 0.1) is 19.3 Å². The average Bonchev–Trinajstić information content (AvgIpc) is 2.54. The van der Waals surface area contributed by atoms with E-state index in [0.29, 0.717) is 23.8 Å². The van der Waals surface area contributed by atoms with Crippen molar-refractivity contribution in [1.82, 2.24) is 10.3 Å². The van der Waals surface area contributed by atoms with Crippen molar-refractivity contribution in [3.8, 4) is 0 Å². The molecule has 0 aliphatic carbocycles. The van der Waals surface area contributed by atoms with Crippen LogP contribution in [0.25, 0.3) is 0 Å². The summed E-state index contributed by atoms with van der Waals surface area (Å²) in [7, 11) is 0. The van der Waals surface area contributed by atoms with Gasteiger partial charge < -0.3 is 10.1 Å². The monoisotopic (exact) mass is 356 g/mol. The highest BCUT2D eigenvalue weighted by molar-refractivity contribution is 6.31. The van der Waals surface area contributed by atoms with E-state index in [-0.39, 0.29) is 12.1 Å². The van der Waals surface area contributed by atoms with Crippen LogP contribution >= 0.6 is 11.6 Å². The van der Waals surface area contributed by atoms with Gasteiger partial charge in [0, 0.05) is 17.3 Å². The van der Waals surface area contributed by atoms with E-state index in [1.807, 2.05) is 25.1 Å². The first kappa shape index (κ1) is 17.2. The zero-order chi connectivity index (χ0) is 17.3. The van der Waals surface area contributed by atoms with Gasteiger partial charge in [0.1, 0.15) is 5.69 Å². The summed E-state index contributed by atoms with van der Waals surface area (Å²) in [6, 6.07) is 7.76. The molecule has 0 saturated heterocycles. The Balaban J connectivity index is 1.78. The summed E-state index contributed by atoms with van der Waals surface area (Å²) in [6.45, 7) is 2.83. The Morgan fingerprint density at radius 3 is 2.75 bits per heavy atom. The lowest BCUT2D eigenvalue weighted by Gasteiger charge is -2.30. The summed E-state index contributed by atoms with van der Waals surface area (Å²) in [6.07, 6.45) is -3.18. The van der Waals surface area contributed by atoms with Crippen LogP contribution in [0.1, 0.15) is 41.4 Å². The molecular weight excluding hydrogens is 341 g/mol. The third-order valence-corrected chi connectivity index (χ3v) is 4.39. The Labute approximate surface area is 142 Å². The second-order valence-corrected chi connectivity index (χ2v) is 6.15. The smallest absolute Gasteiger partial charge is 0.375 e. The third kappa shape index (κ3) is 3.55. The quantitative estimate of drug-likeness (QED) is 0.867. The van der Waals surface area contributed by atoms with E-state index < -0.39 is 11.9 Å². The van der Waals surface area contributed by atoms with Gasteiger partial charge in [-0.3, -0.25) is 4.98 Å². The number of hydrogen-bond donors (Lipinski definition) is 1. The predicted octanol–water partition coefficient (Wildman–Crippen LogP) is 4.68. The highest BCUT2D eigenvalue weighted by Gasteiger charge is 2.32. The first-order chi connectivity index (χ1) is 11.4. The van der Waals surface area contributed by atoms with E-state index in [9.17, 15) is 13.2 Å². The van der Waals surface area contributed by atoms with Gasteiger partial charge >= 0.3 is 6.18 Å². The van der Waals surface area contributed by atoms with Gasteiger partial charge in [-0.25, -0.2) is 0 Å². The van der Waals surface area contributed by atoms with Gasteiger partial charge in [-0.2, -0.15) is 13.2 Å². The fourth-order valence-electron chi connectivity index (χ4n) is 2.83. The Morgan fingerprint density at radius 2 is 2.08 bits per heavy atom. The van der Waals surface area contributed by atoms with Crippen LogP contribution in [0.3, 0.4) is 0 Å². The van der Waals surface area contributed by atoms with Crippen LogP contribution in [0.15, 0.2) is 36.5 Å². The van der Waals surface area contributed by atoms with Crippen LogP contribution in [0.2, 0.25) is 5.02 Å². The standard InChI is InChI=1S/C17H16ClF3N2O/c1-10(11-5-6-15(22-7-11)17(19,20)21)23-14-9-24-8-12-3-2-4-13(18)16(12)14/h2-7,10,14,23H,8-9H2,1H3/t10-,14?/m1/s1. The molecule has 0 saturated carbocycles. The molecule has 1 N–H and O–H groups in total. The summed E-state index contributed by atoms with van der Waals surface area (Å²) in [5, 5.41) is 4.02. The number of rotatable bonds is 3. The molecule has 128 valence electrons. The first-order valence-corrected chi connectivity index (χ1v) is 7.88. The molecule has 1 aliphatic heterocycles. The number of aromatic nitrogens is 1. The van der Waals surface area contributed by atoms with Crippen molar-refractivity contribution in [2.45, 2.75) is 31.8 Å². The molecule has 2 heterocycles. The fourth-order valence-corrected chi connectivity index (χ4v) is 3.15. The van der Waals surface area contributed by atoms with Crippen LogP contribution in [0.5, 0.6) is 0 Å². The molecule has 24 heavy (non-hydrogen) atoms. The maximum Gasteiger partial charge on any atom is 0.433 e. The Hall–Kier alpha value is -1.63. The van der Waals surface area contributed by atoms with Gasteiger partial charge in [0.25, 0.3) is 0 Å². The number of benzene rings is 1. The molecule has 1 aliphatic rings. The summed E-state index contributed by atoms with van der Waals surface area (Å²) < 4.78 is 43.4. The molecular formula is C17H16ClF3N2O. The number of halogens is 4. The van der Waals surface area contributed by atoms with E-state index in [2.05, 4.69) is 10.3 Å². The van der Waals surface area contributed by atoms with E-state index >= 15 is 0 Å². The molecule has 3 rings (SSSR count). The van der Waals surface area contributed by atoms with Crippen LogP contribution in [-0.4, -0.2) is 11.6 Å². The number of alkyl halides is 3. The third-order valence-electron chi connectivity index (χ3n) is 4.06. The summed E-state index contributed by atoms with van der Waals surface area (Å²) in [4.78, 5) is 3.50. The lowest BCUT2D eigenvalue weighted by molar-refractivity contribution is -0.141. The summed E-state index contributed by atoms with van der Waals surface area (Å²) in [5.41, 5.74) is 1.77. The molecule has 0 spiro atoms. The fraction of sp³-hybridized carbons (Fsp3) is 0.353. The summed E-state index contributed by atoms with van der Waals surface area (Å²) >= 11 is 6.30. The maximum atomic E-state index is 12.6. The Bertz CT molecular complexity index is 719. The molecule has 3 nitrogen and oxygen atoms in total. The zero-order valence-corrected chi connectivity index (χ0v) is 13.7. The van der Waals surface area contributed by atoms with Gasteiger partial charge in [0.2, 0.25) is 0 Å².